The molecule has 0 N–H and O–H groups in total. The first-order valence-corrected chi connectivity index (χ1v) is 14.0. The van der Waals surface area contributed by atoms with Crippen LogP contribution >= 0.6 is 23.8 Å². The quantitative estimate of drug-likeness (QED) is 0.327. The normalized spacial score (nSPS) is 30.8. The molecule has 160 valence electrons. The van der Waals surface area contributed by atoms with Crippen molar-refractivity contribution in [3.63, 3.8) is 0 Å². The van der Waals surface area contributed by atoms with Gasteiger partial charge in [-0.15, -0.1) is 0 Å². The molecular formula is C25H36B2OS2. The molecule has 5 heteroatoms. The van der Waals surface area contributed by atoms with Crippen LogP contribution in [-0.4, -0.2) is 17.1 Å². The Kier molecular flexibility index (Phi) is 7.16. The van der Waals surface area contributed by atoms with E-state index in [1.807, 2.05) is 0 Å². The maximum absolute atomic E-state index is 6.75. The van der Waals surface area contributed by atoms with Crippen molar-refractivity contribution in [2.45, 2.75) is 113 Å². The van der Waals surface area contributed by atoms with Gasteiger partial charge in [-0.2, -0.15) is 11.6 Å². The summed E-state index contributed by atoms with van der Waals surface area (Å²) in [6.45, 7) is 0.455. The van der Waals surface area contributed by atoms with Crippen LogP contribution in [0.3, 0.4) is 0 Å². The molecule has 1 nitrogen and oxygen atoms in total. The molecule has 1 aromatic carbocycles. The molecule has 0 atom stereocenters. The molecule has 4 heterocycles. The van der Waals surface area contributed by atoms with Gasteiger partial charge in [0.15, 0.2) is 0 Å². The number of aryl methyl sites for hydroxylation is 1. The Labute approximate surface area is 194 Å². The largest absolute Gasteiger partial charge is 0.560 e. The number of para-hydroxylation sites is 1. The molecule has 0 unspecified atom stereocenters. The molecule has 0 spiro atoms. The van der Waals surface area contributed by atoms with Crippen molar-refractivity contribution in [2.24, 2.45) is 0 Å². The van der Waals surface area contributed by atoms with E-state index in [0.29, 0.717) is 6.92 Å². The predicted octanol–water partition coefficient (Wildman–Crippen LogP) is 8.26. The van der Waals surface area contributed by atoms with E-state index in [2.05, 4.69) is 35.9 Å². The van der Waals surface area contributed by atoms with E-state index in [9.17, 15) is 0 Å². The zero-order chi connectivity index (χ0) is 20.3. The summed E-state index contributed by atoms with van der Waals surface area (Å²) in [4.78, 5) is 0. The first-order chi connectivity index (χ1) is 14.8. The lowest BCUT2D eigenvalue weighted by Crippen LogP contribution is -2.39. The van der Waals surface area contributed by atoms with Crippen LogP contribution in [0, 0.1) is 0 Å². The predicted molar refractivity (Wildman–Crippen MR) is 137 cm³/mol. The van der Waals surface area contributed by atoms with Gasteiger partial charge in [0.2, 0.25) is 5.99 Å². The minimum absolute atomic E-state index is 0.455. The molecule has 30 heavy (non-hydrogen) atoms. The molecule has 0 aromatic heterocycles. The highest BCUT2D eigenvalue weighted by molar-refractivity contribution is 8.41. The summed E-state index contributed by atoms with van der Waals surface area (Å²) in [5, 5.41) is 0. The van der Waals surface area contributed by atoms with Crippen LogP contribution in [-0.2, 0) is 6.42 Å². The standard InChI is InChI=1S/C25H36B2OS2/c29-25(30-27-22-12-5-13-23(27)15-6-14-22)18-17-19-7-1-2-16-24(19)28-26-20-8-3-9-21(26)11-4-10-20/h1-2,7,16,20-23H,3-6,8-15,17-18H2. The maximum Gasteiger partial charge on any atom is 0.364 e. The lowest BCUT2D eigenvalue weighted by atomic mass is 9.38. The average Bonchev–Trinajstić information content (AvgIpc) is 2.73. The summed E-state index contributed by atoms with van der Waals surface area (Å²) in [6.07, 6.45) is 19.0. The van der Waals surface area contributed by atoms with Crippen LogP contribution in [0.2, 0.25) is 23.3 Å². The Balaban J connectivity index is 1.19. The molecule has 5 rings (SSSR count). The summed E-state index contributed by atoms with van der Waals surface area (Å²) >= 11 is 7.98. The van der Waals surface area contributed by atoms with Gasteiger partial charge in [-0.25, -0.2) is 0 Å². The van der Waals surface area contributed by atoms with Gasteiger partial charge in [0, 0.05) is 4.20 Å². The fraction of sp³-hybridized carbons (Fsp3) is 0.720. The van der Waals surface area contributed by atoms with Crippen LogP contribution < -0.4 is 4.65 Å². The third kappa shape index (κ3) is 4.82. The van der Waals surface area contributed by atoms with Gasteiger partial charge < -0.3 is 4.65 Å². The van der Waals surface area contributed by atoms with Gasteiger partial charge in [0.1, 0.15) is 5.75 Å². The minimum atomic E-state index is 0.455. The van der Waals surface area contributed by atoms with Crippen molar-refractivity contribution in [1.82, 2.24) is 0 Å². The fourth-order valence-corrected chi connectivity index (χ4v) is 8.92. The van der Waals surface area contributed by atoms with Crippen molar-refractivity contribution in [3.8, 4) is 5.75 Å². The van der Waals surface area contributed by atoms with E-state index >= 15 is 0 Å². The Morgan fingerprint density at radius 2 is 1.37 bits per heavy atom. The highest BCUT2D eigenvalue weighted by atomic mass is 32.2. The molecular weight excluding hydrogens is 402 g/mol. The van der Waals surface area contributed by atoms with E-state index in [0.717, 1.165) is 47.9 Å². The Hall–Kier alpha value is -0.410. The second-order valence-electron chi connectivity index (χ2n) is 10.4. The highest BCUT2D eigenvalue weighted by Crippen LogP contribution is 2.51. The van der Waals surface area contributed by atoms with Crippen LogP contribution in [0.25, 0.3) is 0 Å². The summed E-state index contributed by atoms with van der Waals surface area (Å²) in [7, 11) is 0. The fourth-order valence-electron chi connectivity index (χ4n) is 7.03. The molecule has 4 saturated heterocycles. The molecule has 0 aliphatic carbocycles. The smallest absolute Gasteiger partial charge is 0.364 e. The summed E-state index contributed by atoms with van der Waals surface area (Å²) in [5.74, 6) is 5.39. The Bertz CT molecular complexity index is 698. The molecule has 4 aliphatic rings. The number of benzene rings is 1. The van der Waals surface area contributed by atoms with Crippen molar-refractivity contribution in [2.75, 3.05) is 0 Å². The third-order valence-electron chi connectivity index (χ3n) is 8.56. The number of thiocarbonyl (C=S) groups is 1. The number of hydrogen-bond donors (Lipinski definition) is 0. The zero-order valence-corrected chi connectivity index (χ0v) is 20.0. The first kappa shape index (κ1) is 21.4. The van der Waals surface area contributed by atoms with Crippen LogP contribution in [0.1, 0.15) is 89.0 Å². The van der Waals surface area contributed by atoms with E-state index < -0.39 is 0 Å². The van der Waals surface area contributed by atoms with Gasteiger partial charge >= 0.3 is 6.92 Å². The van der Waals surface area contributed by atoms with Crippen molar-refractivity contribution in [1.29, 1.82) is 0 Å². The SMILES string of the molecule is S=C(CCc1ccccc1OB1C2CCCC1CCC2)SB1C2CCCC1CCC2. The van der Waals surface area contributed by atoms with E-state index in [1.165, 1.54) is 86.8 Å². The zero-order valence-electron chi connectivity index (χ0n) is 18.4. The van der Waals surface area contributed by atoms with Crippen LogP contribution in [0.4, 0.5) is 0 Å². The van der Waals surface area contributed by atoms with Crippen LogP contribution in [0.15, 0.2) is 24.3 Å². The van der Waals surface area contributed by atoms with E-state index in [-0.39, 0.29) is 0 Å². The van der Waals surface area contributed by atoms with E-state index in [1.54, 1.807) is 0 Å². The highest BCUT2D eigenvalue weighted by Gasteiger charge is 2.43. The summed E-state index contributed by atoms with van der Waals surface area (Å²) in [5.41, 5.74) is 1.37. The molecule has 0 saturated carbocycles. The Morgan fingerprint density at radius 3 is 1.97 bits per heavy atom. The minimum Gasteiger partial charge on any atom is -0.560 e. The van der Waals surface area contributed by atoms with Crippen molar-refractivity contribution in [3.05, 3.63) is 29.8 Å². The lowest BCUT2D eigenvalue weighted by molar-refractivity contribution is 0.380. The maximum atomic E-state index is 6.75. The van der Waals surface area contributed by atoms with Gasteiger partial charge in [-0.05, 0) is 36.1 Å². The number of rotatable bonds is 6. The van der Waals surface area contributed by atoms with Gasteiger partial charge in [0.05, 0.1) is 0 Å². The monoisotopic (exact) mass is 438 g/mol. The molecule has 4 aliphatic heterocycles. The van der Waals surface area contributed by atoms with Gasteiger partial charge in [-0.1, -0.05) is 119 Å². The topological polar surface area (TPSA) is 9.23 Å². The summed E-state index contributed by atoms with van der Waals surface area (Å²) in [6, 6.07) is 8.80. The second-order valence-corrected chi connectivity index (χ2v) is 12.4. The first-order valence-electron chi connectivity index (χ1n) is 12.7. The molecule has 0 amide bonds. The van der Waals surface area contributed by atoms with E-state index in [4.69, 9.17) is 16.9 Å². The summed E-state index contributed by atoms with van der Waals surface area (Å²) < 4.78 is 7.99. The van der Waals surface area contributed by atoms with Crippen molar-refractivity contribution >= 4 is 40.9 Å². The third-order valence-corrected chi connectivity index (χ3v) is 10.6. The molecule has 4 fully saturated rings. The van der Waals surface area contributed by atoms with Crippen molar-refractivity contribution < 1.29 is 4.65 Å². The van der Waals surface area contributed by atoms with Gasteiger partial charge in [0.25, 0.3) is 0 Å². The molecule has 1 aromatic rings. The number of hydrogen-bond acceptors (Lipinski definition) is 3. The van der Waals surface area contributed by atoms with Gasteiger partial charge in [-0.3, -0.25) is 0 Å². The lowest BCUT2D eigenvalue weighted by Gasteiger charge is -2.40. The Morgan fingerprint density at radius 1 is 0.833 bits per heavy atom. The number of fused-ring (bicyclic) bond motifs is 4. The molecule has 4 bridgehead atoms. The second kappa shape index (κ2) is 10.0. The molecule has 0 radical (unpaired) electrons. The average molecular weight is 438 g/mol. The van der Waals surface area contributed by atoms with Crippen LogP contribution in [0.5, 0.6) is 5.75 Å².